The van der Waals surface area contributed by atoms with Crippen LogP contribution in [0.4, 0.5) is 22.4 Å². The van der Waals surface area contributed by atoms with Crippen LogP contribution in [0.25, 0.3) is 0 Å². The molecule has 0 bridgehead atoms. The third-order valence-electron chi connectivity index (χ3n) is 2.52. The van der Waals surface area contributed by atoms with E-state index in [1.165, 1.54) is 5.32 Å². The summed E-state index contributed by atoms with van der Waals surface area (Å²) in [6, 6.07) is -2.78. The smallest absolute Gasteiger partial charge is 0.328 e. The summed E-state index contributed by atoms with van der Waals surface area (Å²) in [5.41, 5.74) is 0. The number of carboxylic acid groups (broad SMARTS) is 1. The van der Waals surface area contributed by atoms with Gasteiger partial charge in [-0.2, -0.15) is 8.78 Å². The van der Waals surface area contributed by atoms with E-state index in [1.54, 1.807) is 0 Å². The molecule has 3 amide bonds. The number of urea groups is 1. The second-order valence-corrected chi connectivity index (χ2v) is 4.01. The van der Waals surface area contributed by atoms with Crippen molar-refractivity contribution in [1.82, 2.24) is 15.5 Å². The number of piperazine rings is 1. The Hall–Kier alpha value is -2.07. The van der Waals surface area contributed by atoms with E-state index in [4.69, 9.17) is 5.11 Å². The van der Waals surface area contributed by atoms with Crippen molar-refractivity contribution in [1.29, 1.82) is 0 Å². The van der Waals surface area contributed by atoms with Gasteiger partial charge >= 0.3 is 24.3 Å². The molecule has 1 fully saturated rings. The van der Waals surface area contributed by atoms with Crippen LogP contribution in [0.3, 0.4) is 0 Å². The number of nitrogens with one attached hydrogen (secondary N) is 2. The number of nitrogens with zero attached hydrogens (tertiary/aromatic N) is 1. The Morgan fingerprint density at radius 1 is 1.50 bits per heavy atom. The number of alkyl halides is 4. The van der Waals surface area contributed by atoms with Crippen molar-refractivity contribution in [3.8, 4) is 0 Å². The lowest BCUT2D eigenvalue weighted by molar-refractivity contribution is -0.144. The van der Waals surface area contributed by atoms with Crippen molar-refractivity contribution in [3.63, 3.8) is 0 Å². The molecule has 3 N–H and O–H groups in total. The molecular formula is C9H11F4N3O4. The van der Waals surface area contributed by atoms with E-state index < -0.39 is 55.9 Å². The number of carbonyl (C=O) groups excluding carboxylic acids is 2. The lowest BCUT2D eigenvalue weighted by Crippen LogP contribution is -2.62. The van der Waals surface area contributed by atoms with Crippen molar-refractivity contribution in [2.45, 2.75) is 18.4 Å². The maximum Gasteiger partial charge on any atom is 0.328 e. The molecule has 1 rings (SSSR count). The summed E-state index contributed by atoms with van der Waals surface area (Å²) in [5.74, 6) is -6.58. The Morgan fingerprint density at radius 3 is 2.60 bits per heavy atom. The van der Waals surface area contributed by atoms with Crippen LogP contribution < -0.4 is 10.6 Å². The molecular weight excluding hydrogens is 290 g/mol. The number of carboxylic acids is 1. The van der Waals surface area contributed by atoms with Gasteiger partial charge in [0.2, 0.25) is 5.91 Å². The molecule has 0 aromatic carbocycles. The largest absolute Gasteiger partial charge is 0.480 e. The van der Waals surface area contributed by atoms with E-state index in [0.717, 1.165) is 0 Å². The highest BCUT2D eigenvalue weighted by molar-refractivity contribution is 5.90. The van der Waals surface area contributed by atoms with Crippen LogP contribution in [-0.4, -0.2) is 65.9 Å². The minimum Gasteiger partial charge on any atom is -0.480 e. The van der Waals surface area contributed by atoms with E-state index in [0.29, 0.717) is 4.90 Å². The number of aliphatic carboxylic acids is 1. The summed E-state index contributed by atoms with van der Waals surface area (Å²) in [4.78, 5) is 33.9. The average molecular weight is 301 g/mol. The third kappa shape index (κ3) is 3.71. The SMILES string of the molecule is O=C1CN(C(=O)NCC(F)(F)C(F)F)C(C(=O)O)CN1. The van der Waals surface area contributed by atoms with Gasteiger partial charge in [-0.15, -0.1) is 0 Å². The summed E-state index contributed by atoms with van der Waals surface area (Å²) in [6.45, 7) is -2.72. The van der Waals surface area contributed by atoms with Crippen LogP contribution >= 0.6 is 0 Å². The van der Waals surface area contributed by atoms with Gasteiger partial charge in [-0.1, -0.05) is 0 Å². The van der Waals surface area contributed by atoms with E-state index in [-0.39, 0.29) is 0 Å². The van der Waals surface area contributed by atoms with Gasteiger partial charge in [0.25, 0.3) is 0 Å². The Bertz CT molecular complexity index is 418. The molecule has 1 unspecified atom stereocenters. The molecule has 1 aliphatic heterocycles. The predicted octanol–water partition coefficient (Wildman–Crippen LogP) is -0.519. The molecule has 114 valence electrons. The molecule has 0 aliphatic carbocycles. The second-order valence-electron chi connectivity index (χ2n) is 4.01. The summed E-state index contributed by atoms with van der Waals surface area (Å²) < 4.78 is 49.1. The molecule has 0 saturated carbocycles. The molecule has 0 spiro atoms. The zero-order chi connectivity index (χ0) is 15.5. The van der Waals surface area contributed by atoms with Gasteiger partial charge in [0.1, 0.15) is 12.6 Å². The van der Waals surface area contributed by atoms with Gasteiger partial charge < -0.3 is 15.7 Å². The molecule has 0 aromatic heterocycles. The molecule has 1 atom stereocenters. The number of rotatable bonds is 4. The molecule has 0 aromatic rings. The van der Waals surface area contributed by atoms with Crippen LogP contribution in [0.15, 0.2) is 0 Å². The van der Waals surface area contributed by atoms with E-state index in [2.05, 4.69) is 5.32 Å². The Balaban J connectivity index is 2.68. The van der Waals surface area contributed by atoms with Gasteiger partial charge in [-0.3, -0.25) is 9.69 Å². The Kier molecular flexibility index (Phi) is 4.73. The monoisotopic (exact) mass is 301 g/mol. The maximum absolute atomic E-state index is 12.6. The van der Waals surface area contributed by atoms with Crippen LogP contribution in [0.1, 0.15) is 0 Å². The minimum atomic E-state index is -4.44. The summed E-state index contributed by atoms with van der Waals surface area (Å²) in [5, 5.41) is 12.5. The highest BCUT2D eigenvalue weighted by Crippen LogP contribution is 2.21. The first kappa shape index (κ1) is 16.0. The highest BCUT2D eigenvalue weighted by atomic mass is 19.3. The molecule has 1 saturated heterocycles. The van der Waals surface area contributed by atoms with E-state index in [1.807, 2.05) is 0 Å². The first-order valence-electron chi connectivity index (χ1n) is 5.35. The van der Waals surface area contributed by atoms with Gasteiger partial charge in [0, 0.05) is 6.54 Å². The fraction of sp³-hybridized carbons (Fsp3) is 0.667. The molecule has 11 heteroatoms. The summed E-state index contributed by atoms with van der Waals surface area (Å²) >= 11 is 0. The number of halogens is 4. The fourth-order valence-electron chi connectivity index (χ4n) is 1.45. The Labute approximate surface area is 109 Å². The van der Waals surface area contributed by atoms with Crippen molar-refractivity contribution >= 4 is 17.9 Å². The molecule has 1 aliphatic rings. The first-order valence-corrected chi connectivity index (χ1v) is 5.35. The van der Waals surface area contributed by atoms with E-state index >= 15 is 0 Å². The van der Waals surface area contributed by atoms with Crippen molar-refractivity contribution in [2.75, 3.05) is 19.6 Å². The number of hydrogen-bond donors (Lipinski definition) is 3. The Morgan fingerprint density at radius 2 is 2.10 bits per heavy atom. The van der Waals surface area contributed by atoms with E-state index in [9.17, 15) is 31.9 Å². The number of amides is 3. The lowest BCUT2D eigenvalue weighted by Gasteiger charge is -2.33. The topological polar surface area (TPSA) is 98.7 Å². The van der Waals surface area contributed by atoms with Gasteiger partial charge in [-0.05, 0) is 0 Å². The first-order chi connectivity index (χ1) is 9.15. The van der Waals surface area contributed by atoms with Gasteiger partial charge in [0.15, 0.2) is 0 Å². The third-order valence-corrected chi connectivity index (χ3v) is 2.52. The number of carbonyl (C=O) groups is 3. The molecule has 0 radical (unpaired) electrons. The minimum absolute atomic E-state index is 0.396. The van der Waals surface area contributed by atoms with Crippen molar-refractivity contribution in [3.05, 3.63) is 0 Å². The summed E-state index contributed by atoms with van der Waals surface area (Å²) in [7, 11) is 0. The molecule has 7 nitrogen and oxygen atoms in total. The predicted molar refractivity (Wildman–Crippen MR) is 55.5 cm³/mol. The maximum atomic E-state index is 12.6. The standard InChI is InChI=1S/C9H11F4N3O4/c10-7(11)9(12,13)3-15-8(20)16-2-5(17)14-1-4(16)6(18)19/h4,7H,1-3H2,(H,14,17)(H,15,20)(H,18,19). The second kappa shape index (κ2) is 5.92. The van der Waals surface area contributed by atoms with Gasteiger partial charge in [0.05, 0.1) is 6.54 Å². The lowest BCUT2D eigenvalue weighted by atomic mass is 10.2. The van der Waals surface area contributed by atoms with Crippen LogP contribution in [0, 0.1) is 0 Å². The van der Waals surface area contributed by atoms with Crippen molar-refractivity contribution in [2.24, 2.45) is 0 Å². The van der Waals surface area contributed by atoms with Gasteiger partial charge in [-0.25, -0.2) is 18.4 Å². The zero-order valence-electron chi connectivity index (χ0n) is 9.91. The average Bonchev–Trinajstić information content (AvgIpc) is 2.35. The normalized spacial score (nSPS) is 19.8. The molecule has 20 heavy (non-hydrogen) atoms. The molecule has 1 heterocycles. The fourth-order valence-corrected chi connectivity index (χ4v) is 1.45. The van der Waals surface area contributed by atoms with Crippen molar-refractivity contribution < 1.29 is 37.1 Å². The quantitative estimate of drug-likeness (QED) is 0.609. The summed E-state index contributed by atoms with van der Waals surface area (Å²) in [6.07, 6.45) is -3.97. The highest BCUT2D eigenvalue weighted by Gasteiger charge is 2.42. The van der Waals surface area contributed by atoms with Crippen LogP contribution in [-0.2, 0) is 9.59 Å². The zero-order valence-corrected chi connectivity index (χ0v) is 9.91. The van der Waals surface area contributed by atoms with Crippen LogP contribution in [0.5, 0.6) is 0 Å². The number of hydrogen-bond acceptors (Lipinski definition) is 3. The van der Waals surface area contributed by atoms with Crippen LogP contribution in [0.2, 0.25) is 0 Å².